The fourth-order valence-corrected chi connectivity index (χ4v) is 11.6. The molecule has 0 bridgehead atoms. The Morgan fingerprint density at radius 1 is 0.267 bits per heavy atom. The van der Waals surface area contributed by atoms with Crippen LogP contribution >= 0.6 is 0 Å². The number of unbranched alkanes of at least 4 members (excludes halogenated alkanes) is 10. The zero-order chi connectivity index (χ0) is 43.4. The number of hydrogen-bond donors (Lipinski definition) is 0. The number of carbonyl (C=O) groups is 4. The SMILES string of the molecule is CCCCCCCCN1C(=O)c2c3c(CC)c(CC)c(CC)c(CC)c3c3c4c(c5c(CC)c(CC)c(CC)c(CC)c5c(c24)C1=O)C(=O)N(CCCCCCCC)C3=O. The molecule has 60 heavy (non-hydrogen) atoms. The molecule has 6 heteroatoms. The van der Waals surface area contributed by atoms with Crippen molar-refractivity contribution in [2.45, 2.75) is 198 Å². The van der Waals surface area contributed by atoms with E-state index in [0.29, 0.717) is 71.8 Å². The van der Waals surface area contributed by atoms with Crippen LogP contribution in [0.4, 0.5) is 0 Å². The molecule has 4 aromatic rings. The molecule has 0 aromatic heterocycles. The van der Waals surface area contributed by atoms with E-state index < -0.39 is 0 Å². The molecular weight excluding hydrogens is 741 g/mol. The van der Waals surface area contributed by atoms with Gasteiger partial charge in [0.2, 0.25) is 0 Å². The van der Waals surface area contributed by atoms with Gasteiger partial charge in [-0.05, 0) is 130 Å². The Balaban J connectivity index is 1.87. The number of fused-ring (bicyclic) bond motifs is 6. The second kappa shape index (κ2) is 19.8. The first-order valence-electron chi connectivity index (χ1n) is 24.5. The highest BCUT2D eigenvalue weighted by atomic mass is 16.2. The van der Waals surface area contributed by atoms with Crippen molar-refractivity contribution < 1.29 is 19.2 Å². The highest BCUT2D eigenvalue weighted by Gasteiger charge is 2.45. The van der Waals surface area contributed by atoms with Crippen molar-refractivity contribution in [2.24, 2.45) is 0 Å². The standard InChI is InChI=1S/C54H74N2O4/c1-11-21-23-25-27-29-31-55-51(57)47-41-37(17-7)33(13-3)35(15-5)39(19-9)43(41)49-46-45(47)48(52(55)58)42-38(18-8)34(14-4)36(16-6)40(20-10)44(42)50(46)54(60)56(53(49)59)32-30-28-26-24-22-12-2/h11-32H2,1-10H3. The smallest absolute Gasteiger partial charge is 0.262 e. The van der Waals surface area contributed by atoms with Gasteiger partial charge in [-0.15, -0.1) is 0 Å². The summed E-state index contributed by atoms with van der Waals surface area (Å²) in [5.41, 5.74) is 11.6. The van der Waals surface area contributed by atoms with Gasteiger partial charge in [0.25, 0.3) is 23.6 Å². The van der Waals surface area contributed by atoms with E-state index in [-0.39, 0.29) is 23.6 Å². The summed E-state index contributed by atoms with van der Waals surface area (Å²) in [6, 6.07) is 0. The molecule has 2 aliphatic heterocycles. The number of imide groups is 2. The number of amides is 4. The summed E-state index contributed by atoms with van der Waals surface area (Å²) in [7, 11) is 0. The molecule has 324 valence electrons. The summed E-state index contributed by atoms with van der Waals surface area (Å²) in [4.78, 5) is 65.5. The molecule has 4 amide bonds. The van der Waals surface area contributed by atoms with Crippen LogP contribution in [0.2, 0.25) is 0 Å². The minimum Gasteiger partial charge on any atom is -0.274 e. The molecule has 6 rings (SSSR count). The third-order valence-electron chi connectivity index (χ3n) is 14.3. The van der Waals surface area contributed by atoms with Crippen LogP contribution in [0.1, 0.15) is 232 Å². The maximum atomic E-state index is 15.6. The Morgan fingerprint density at radius 3 is 0.700 bits per heavy atom. The van der Waals surface area contributed by atoms with Crippen molar-refractivity contribution in [2.75, 3.05) is 13.1 Å². The fourth-order valence-electron chi connectivity index (χ4n) is 11.6. The lowest BCUT2D eigenvalue weighted by atomic mass is 9.72. The van der Waals surface area contributed by atoms with Gasteiger partial charge in [-0.2, -0.15) is 0 Å². The van der Waals surface area contributed by atoms with Crippen LogP contribution in [0.15, 0.2) is 0 Å². The molecule has 0 saturated heterocycles. The first kappa shape index (κ1) is 45.5. The van der Waals surface area contributed by atoms with Gasteiger partial charge in [-0.3, -0.25) is 29.0 Å². The molecule has 2 heterocycles. The predicted octanol–water partition coefficient (Wildman–Crippen LogP) is 13.6. The van der Waals surface area contributed by atoms with Crippen molar-refractivity contribution >= 4 is 55.9 Å². The first-order valence-corrected chi connectivity index (χ1v) is 24.5. The molecule has 6 nitrogen and oxygen atoms in total. The van der Waals surface area contributed by atoms with Crippen molar-refractivity contribution in [3.05, 3.63) is 66.8 Å². The third kappa shape index (κ3) is 7.30. The Bertz CT molecular complexity index is 2030. The molecule has 0 aliphatic carbocycles. The van der Waals surface area contributed by atoms with Crippen LogP contribution in [0, 0.1) is 0 Å². The van der Waals surface area contributed by atoms with Crippen LogP contribution in [-0.2, 0) is 51.4 Å². The quantitative estimate of drug-likeness (QED) is 0.0450. The van der Waals surface area contributed by atoms with Crippen molar-refractivity contribution in [3.8, 4) is 0 Å². The molecule has 0 fully saturated rings. The van der Waals surface area contributed by atoms with E-state index >= 15 is 19.2 Å². The summed E-state index contributed by atoms with van der Waals surface area (Å²) < 4.78 is 0. The zero-order valence-electron chi connectivity index (χ0n) is 39.1. The van der Waals surface area contributed by atoms with Gasteiger partial charge in [-0.25, -0.2) is 0 Å². The molecule has 4 aromatic carbocycles. The first-order chi connectivity index (χ1) is 29.1. The van der Waals surface area contributed by atoms with E-state index in [0.717, 1.165) is 134 Å². The topological polar surface area (TPSA) is 74.8 Å². The van der Waals surface area contributed by atoms with Gasteiger partial charge < -0.3 is 0 Å². The second-order valence-electron chi connectivity index (χ2n) is 17.5. The van der Waals surface area contributed by atoms with E-state index in [9.17, 15) is 0 Å². The minimum absolute atomic E-state index is 0.268. The van der Waals surface area contributed by atoms with Gasteiger partial charge in [-0.1, -0.05) is 133 Å². The van der Waals surface area contributed by atoms with Gasteiger partial charge in [0, 0.05) is 23.9 Å². The highest BCUT2D eigenvalue weighted by molar-refractivity contribution is 6.44. The van der Waals surface area contributed by atoms with Gasteiger partial charge >= 0.3 is 0 Å². The van der Waals surface area contributed by atoms with E-state index in [2.05, 4.69) is 69.2 Å². The van der Waals surface area contributed by atoms with Crippen LogP contribution in [0.3, 0.4) is 0 Å². The van der Waals surface area contributed by atoms with Gasteiger partial charge in [0.05, 0.1) is 22.3 Å². The van der Waals surface area contributed by atoms with Crippen LogP contribution in [-0.4, -0.2) is 46.5 Å². The van der Waals surface area contributed by atoms with Crippen molar-refractivity contribution in [1.29, 1.82) is 0 Å². The summed E-state index contributed by atoms with van der Waals surface area (Å²) in [6.07, 6.45) is 18.6. The fraction of sp³-hybridized carbons (Fsp3) is 0.593. The summed E-state index contributed by atoms with van der Waals surface area (Å²) in [6.45, 7) is 22.6. The minimum atomic E-state index is -0.268. The molecule has 0 radical (unpaired) electrons. The Morgan fingerprint density at radius 2 is 0.483 bits per heavy atom. The summed E-state index contributed by atoms with van der Waals surface area (Å²) in [5, 5.41) is 4.50. The monoisotopic (exact) mass is 815 g/mol. The van der Waals surface area contributed by atoms with E-state index in [1.807, 2.05) is 0 Å². The maximum absolute atomic E-state index is 15.6. The number of carbonyl (C=O) groups excluding carboxylic acids is 4. The van der Waals surface area contributed by atoms with Gasteiger partial charge in [0.1, 0.15) is 0 Å². The number of nitrogens with zero attached hydrogens (tertiary/aromatic N) is 2. The summed E-state index contributed by atoms with van der Waals surface area (Å²) in [5.74, 6) is -1.07. The van der Waals surface area contributed by atoms with E-state index in [1.54, 1.807) is 9.80 Å². The largest absolute Gasteiger partial charge is 0.274 e. The Kier molecular flexibility index (Phi) is 15.0. The number of aryl methyl sites for hydroxylation is 4. The van der Waals surface area contributed by atoms with Crippen LogP contribution in [0.25, 0.3) is 32.3 Å². The van der Waals surface area contributed by atoms with Crippen molar-refractivity contribution in [1.82, 2.24) is 9.80 Å². The van der Waals surface area contributed by atoms with Crippen LogP contribution < -0.4 is 0 Å². The third-order valence-corrected chi connectivity index (χ3v) is 14.3. The lowest BCUT2D eigenvalue weighted by Gasteiger charge is -2.37. The molecule has 0 atom stereocenters. The second-order valence-corrected chi connectivity index (χ2v) is 17.5. The lowest BCUT2D eigenvalue weighted by Crippen LogP contribution is -2.44. The molecule has 0 spiro atoms. The van der Waals surface area contributed by atoms with E-state index in [1.165, 1.54) is 35.1 Å². The molecule has 0 saturated carbocycles. The molecule has 0 N–H and O–H groups in total. The maximum Gasteiger partial charge on any atom is 0.262 e. The lowest BCUT2D eigenvalue weighted by molar-refractivity contribution is 0.0589. The number of rotatable bonds is 22. The highest BCUT2D eigenvalue weighted by Crippen LogP contribution is 2.52. The molecule has 0 unspecified atom stereocenters. The molecule has 2 aliphatic rings. The van der Waals surface area contributed by atoms with Gasteiger partial charge in [0.15, 0.2) is 0 Å². The number of hydrogen-bond acceptors (Lipinski definition) is 4. The Labute approximate surface area is 361 Å². The average Bonchev–Trinajstić information content (AvgIpc) is 3.26. The zero-order valence-corrected chi connectivity index (χ0v) is 39.1. The molecular formula is C54H74N2O4. The number of benzene rings is 4. The van der Waals surface area contributed by atoms with E-state index in [4.69, 9.17) is 0 Å². The average molecular weight is 815 g/mol. The summed E-state index contributed by atoms with van der Waals surface area (Å²) >= 11 is 0. The Hall–Kier alpha value is -4.06. The van der Waals surface area contributed by atoms with Crippen LogP contribution in [0.5, 0.6) is 0 Å². The van der Waals surface area contributed by atoms with Crippen molar-refractivity contribution in [3.63, 3.8) is 0 Å². The predicted molar refractivity (Wildman–Crippen MR) is 251 cm³/mol. The normalized spacial score (nSPS) is 14.0.